The molecular formula is C27H36N2O6S2. The molecule has 1 amide bonds. The summed E-state index contributed by atoms with van der Waals surface area (Å²) < 4.78 is 35.4. The largest absolute Gasteiger partial charge is 0.497 e. The van der Waals surface area contributed by atoms with Gasteiger partial charge in [-0.2, -0.15) is 8.42 Å². The van der Waals surface area contributed by atoms with Crippen molar-refractivity contribution in [1.82, 2.24) is 4.98 Å². The third kappa shape index (κ3) is 4.93. The Hall–Kier alpha value is -2.01. The van der Waals surface area contributed by atoms with Gasteiger partial charge in [0.2, 0.25) is 5.91 Å². The molecule has 1 heterocycles. The minimum absolute atomic E-state index is 0.0307. The highest BCUT2D eigenvalue weighted by Gasteiger charge is 2.67. The molecule has 3 aliphatic carbocycles. The number of benzene rings is 1. The number of amides is 1. The highest BCUT2D eigenvalue weighted by atomic mass is 32.2. The molecule has 0 saturated heterocycles. The number of fused-ring (bicyclic) bond motifs is 5. The minimum Gasteiger partial charge on any atom is -0.497 e. The van der Waals surface area contributed by atoms with Gasteiger partial charge in [-0.3, -0.25) is 4.79 Å². The van der Waals surface area contributed by atoms with E-state index in [2.05, 4.69) is 22.4 Å². The number of carbonyl (C=O) groups excluding carboxylic acids is 1. The van der Waals surface area contributed by atoms with Gasteiger partial charge in [-0.1, -0.05) is 13.0 Å². The maximum Gasteiger partial charge on any atom is 0.267 e. The van der Waals surface area contributed by atoms with Gasteiger partial charge in [-0.25, -0.2) is 9.17 Å². The van der Waals surface area contributed by atoms with Crippen LogP contribution in [0.1, 0.15) is 67.4 Å². The Morgan fingerprint density at radius 1 is 1.32 bits per heavy atom. The van der Waals surface area contributed by atoms with Gasteiger partial charge in [0.15, 0.2) is 10.9 Å². The number of hydrogen-bond acceptors (Lipinski definition) is 8. The Morgan fingerprint density at radius 2 is 2.11 bits per heavy atom. The van der Waals surface area contributed by atoms with E-state index in [-0.39, 0.29) is 36.5 Å². The first-order chi connectivity index (χ1) is 17.4. The third-order valence-corrected chi connectivity index (χ3v) is 10.4. The van der Waals surface area contributed by atoms with Crippen LogP contribution in [-0.4, -0.2) is 43.6 Å². The van der Waals surface area contributed by atoms with Crippen LogP contribution in [0.3, 0.4) is 0 Å². The summed E-state index contributed by atoms with van der Waals surface area (Å²) in [6.45, 7) is 3.92. The fourth-order valence-corrected chi connectivity index (χ4v) is 8.99. The van der Waals surface area contributed by atoms with E-state index in [4.69, 9.17) is 8.92 Å². The van der Waals surface area contributed by atoms with Gasteiger partial charge in [0.25, 0.3) is 10.1 Å². The number of aryl methyl sites for hydroxylation is 2. The quantitative estimate of drug-likeness (QED) is 0.383. The summed E-state index contributed by atoms with van der Waals surface area (Å²) in [5.41, 5.74) is 1.91. The van der Waals surface area contributed by atoms with Gasteiger partial charge in [-0.15, -0.1) is 11.3 Å². The molecule has 0 radical (unpaired) electrons. The monoisotopic (exact) mass is 548 g/mol. The van der Waals surface area contributed by atoms with Gasteiger partial charge in [0.05, 0.1) is 13.4 Å². The van der Waals surface area contributed by atoms with Gasteiger partial charge in [0, 0.05) is 29.3 Å². The molecule has 0 aliphatic heterocycles. The first-order valence-corrected chi connectivity index (χ1v) is 15.6. The molecule has 3 aliphatic rings. The number of methoxy groups -OCH3 is 1. The number of anilines is 1. The summed E-state index contributed by atoms with van der Waals surface area (Å²) in [7, 11) is -2.21. The SMILES string of the molecule is COc1ccc2c(c1)CCC1C2CC[C@@]2(C)C1[C@H](CCC(=O)Nc1ncc(C)s1)C[C@]2(O)OS(C)(=O)=O. The van der Waals surface area contributed by atoms with Crippen LogP contribution in [0.5, 0.6) is 5.75 Å². The van der Waals surface area contributed by atoms with Crippen LogP contribution in [0.4, 0.5) is 5.13 Å². The number of aromatic nitrogens is 1. The number of aliphatic hydroxyl groups is 1. The Morgan fingerprint density at radius 3 is 2.78 bits per heavy atom. The summed E-state index contributed by atoms with van der Waals surface area (Å²) >= 11 is 1.43. The second-order valence-electron chi connectivity index (χ2n) is 11.3. The average Bonchev–Trinajstić information content (AvgIpc) is 3.33. The second-order valence-corrected chi connectivity index (χ2v) is 14.1. The maximum absolute atomic E-state index is 12.8. The van der Waals surface area contributed by atoms with Crippen LogP contribution >= 0.6 is 11.3 Å². The van der Waals surface area contributed by atoms with E-state index >= 15 is 0 Å². The van der Waals surface area contributed by atoms with Crippen LogP contribution in [0.25, 0.3) is 0 Å². The van der Waals surface area contributed by atoms with E-state index in [1.165, 1.54) is 22.5 Å². The third-order valence-electron chi connectivity index (χ3n) is 9.02. The fourth-order valence-electron chi connectivity index (χ4n) is 7.55. The zero-order valence-electron chi connectivity index (χ0n) is 21.8. The first-order valence-electron chi connectivity index (χ1n) is 12.9. The highest BCUT2D eigenvalue weighted by molar-refractivity contribution is 7.86. The molecule has 8 nitrogen and oxygen atoms in total. The number of rotatable bonds is 7. The lowest BCUT2D eigenvalue weighted by Gasteiger charge is -2.53. The molecular weight excluding hydrogens is 512 g/mol. The lowest BCUT2D eigenvalue weighted by Crippen LogP contribution is -2.53. The maximum atomic E-state index is 12.8. The van der Waals surface area contributed by atoms with Gasteiger partial charge < -0.3 is 15.2 Å². The van der Waals surface area contributed by atoms with E-state index < -0.39 is 21.3 Å². The molecule has 2 saturated carbocycles. The standard InChI is InChI=1S/C27H36N2O6S2/c1-16-15-28-25(36-16)29-23(30)10-6-18-14-27(31,35-37(4,32)33)26(2)12-11-21-20-9-7-19(34-3)13-17(20)5-8-22(21)24(18)26/h7,9,13,15,18,21-22,24,31H,5-6,8,10-12,14H2,1-4H3,(H,28,29,30)/t18-,21?,22?,24?,26+,27+/m1/s1. The number of nitrogens with one attached hydrogen (secondary N) is 1. The summed E-state index contributed by atoms with van der Waals surface area (Å²) in [6, 6.07) is 6.30. The van der Waals surface area contributed by atoms with Crippen molar-refractivity contribution in [3.8, 4) is 5.75 Å². The van der Waals surface area contributed by atoms with Crippen LogP contribution in [0.2, 0.25) is 0 Å². The molecule has 2 fully saturated rings. The molecule has 3 unspecified atom stereocenters. The van der Waals surface area contributed by atoms with Crippen molar-refractivity contribution in [1.29, 1.82) is 0 Å². The number of hydrogen-bond donors (Lipinski definition) is 2. The minimum atomic E-state index is -3.88. The Balaban J connectivity index is 1.42. The zero-order valence-corrected chi connectivity index (χ0v) is 23.5. The molecule has 10 heteroatoms. The second kappa shape index (κ2) is 9.63. The topological polar surface area (TPSA) is 115 Å². The van der Waals surface area contributed by atoms with Crippen LogP contribution in [-0.2, 0) is 25.5 Å². The molecule has 2 N–H and O–H groups in total. The van der Waals surface area contributed by atoms with Crippen molar-refractivity contribution >= 4 is 32.5 Å². The molecule has 37 heavy (non-hydrogen) atoms. The van der Waals surface area contributed by atoms with Crippen molar-refractivity contribution in [2.75, 3.05) is 18.7 Å². The van der Waals surface area contributed by atoms with Crippen molar-refractivity contribution < 1.29 is 27.2 Å². The molecule has 202 valence electrons. The predicted molar refractivity (Wildman–Crippen MR) is 142 cm³/mol. The van der Waals surface area contributed by atoms with Gasteiger partial charge >= 0.3 is 0 Å². The summed E-state index contributed by atoms with van der Waals surface area (Å²) in [4.78, 5) is 18.0. The van der Waals surface area contributed by atoms with E-state index in [0.717, 1.165) is 36.1 Å². The summed E-state index contributed by atoms with van der Waals surface area (Å²) in [5, 5.41) is 15.2. The zero-order chi connectivity index (χ0) is 26.6. The molecule has 6 atom stereocenters. The van der Waals surface area contributed by atoms with Crippen LogP contribution < -0.4 is 10.1 Å². The molecule has 1 aromatic carbocycles. The Labute approximate surface area is 222 Å². The van der Waals surface area contributed by atoms with Crippen LogP contribution in [0, 0.1) is 30.1 Å². The average molecular weight is 549 g/mol. The molecule has 1 aromatic heterocycles. The van der Waals surface area contributed by atoms with Crippen molar-refractivity contribution in [2.24, 2.45) is 23.2 Å². The first kappa shape index (κ1) is 26.6. The van der Waals surface area contributed by atoms with Gasteiger partial charge in [0.1, 0.15) is 5.75 Å². The molecule has 0 spiro atoms. The van der Waals surface area contributed by atoms with E-state index in [1.807, 2.05) is 19.9 Å². The Kier molecular flexibility index (Phi) is 6.92. The number of nitrogens with zero attached hydrogens (tertiary/aromatic N) is 1. The molecule has 5 rings (SSSR count). The van der Waals surface area contributed by atoms with E-state index in [9.17, 15) is 18.3 Å². The summed E-state index contributed by atoms with van der Waals surface area (Å²) in [5.74, 6) is -0.479. The van der Waals surface area contributed by atoms with Crippen molar-refractivity contribution in [2.45, 2.75) is 70.5 Å². The number of thiazole rings is 1. The lowest BCUT2D eigenvalue weighted by atomic mass is 9.53. The molecule has 2 aromatic rings. The normalized spacial score (nSPS) is 32.8. The smallest absolute Gasteiger partial charge is 0.267 e. The highest BCUT2D eigenvalue weighted by Crippen LogP contribution is 2.67. The van der Waals surface area contributed by atoms with Gasteiger partial charge in [-0.05, 0) is 86.0 Å². The predicted octanol–water partition coefficient (Wildman–Crippen LogP) is 4.63. The van der Waals surface area contributed by atoms with Crippen molar-refractivity contribution in [3.63, 3.8) is 0 Å². The van der Waals surface area contributed by atoms with Crippen molar-refractivity contribution in [3.05, 3.63) is 40.4 Å². The van der Waals surface area contributed by atoms with Crippen LogP contribution in [0.15, 0.2) is 24.4 Å². The fraction of sp³-hybridized carbons (Fsp3) is 0.630. The Bertz CT molecular complexity index is 1290. The van der Waals surface area contributed by atoms with E-state index in [0.29, 0.717) is 23.9 Å². The number of carbonyl (C=O) groups is 1. The van der Waals surface area contributed by atoms with E-state index in [1.54, 1.807) is 13.3 Å². The lowest BCUT2D eigenvalue weighted by molar-refractivity contribution is -0.220. The molecule has 0 bridgehead atoms. The summed E-state index contributed by atoms with van der Waals surface area (Å²) in [6.07, 6.45) is 7.09. The number of ether oxygens (including phenoxy) is 1.